The SMILES string of the molecule is CCCNCC1CCCOC1c1cc(F)c(F)cc1F. The van der Waals surface area contributed by atoms with E-state index in [1.54, 1.807) is 0 Å². The highest BCUT2D eigenvalue weighted by atomic mass is 19.2. The van der Waals surface area contributed by atoms with Crippen molar-refractivity contribution in [1.29, 1.82) is 0 Å². The monoisotopic (exact) mass is 287 g/mol. The molecule has 2 rings (SSSR count). The van der Waals surface area contributed by atoms with Crippen LogP contribution < -0.4 is 5.32 Å². The van der Waals surface area contributed by atoms with Crippen LogP contribution in [0.1, 0.15) is 37.9 Å². The lowest BCUT2D eigenvalue weighted by Gasteiger charge is -2.32. The number of hydrogen-bond acceptors (Lipinski definition) is 2. The largest absolute Gasteiger partial charge is 0.373 e. The second-order valence-electron chi connectivity index (χ2n) is 5.19. The molecule has 1 aromatic carbocycles. The van der Waals surface area contributed by atoms with Crippen LogP contribution in [0.25, 0.3) is 0 Å². The number of halogens is 3. The molecule has 1 fully saturated rings. The molecule has 5 heteroatoms. The van der Waals surface area contributed by atoms with Crippen molar-refractivity contribution in [1.82, 2.24) is 5.32 Å². The lowest BCUT2D eigenvalue weighted by atomic mass is 9.89. The number of benzene rings is 1. The topological polar surface area (TPSA) is 21.3 Å². The van der Waals surface area contributed by atoms with Crippen molar-refractivity contribution in [3.8, 4) is 0 Å². The lowest BCUT2D eigenvalue weighted by molar-refractivity contribution is -0.0298. The lowest BCUT2D eigenvalue weighted by Crippen LogP contribution is -2.32. The van der Waals surface area contributed by atoms with Crippen molar-refractivity contribution >= 4 is 0 Å². The van der Waals surface area contributed by atoms with Crippen molar-refractivity contribution in [3.05, 3.63) is 35.1 Å². The van der Waals surface area contributed by atoms with E-state index in [1.165, 1.54) is 0 Å². The Labute approximate surface area is 117 Å². The highest BCUT2D eigenvalue weighted by Crippen LogP contribution is 2.35. The van der Waals surface area contributed by atoms with Crippen molar-refractivity contribution in [2.75, 3.05) is 19.7 Å². The molecule has 1 N–H and O–H groups in total. The van der Waals surface area contributed by atoms with E-state index >= 15 is 0 Å². The second-order valence-corrected chi connectivity index (χ2v) is 5.19. The first-order valence-corrected chi connectivity index (χ1v) is 7.10. The van der Waals surface area contributed by atoms with Crippen LogP contribution in [0, 0.1) is 23.4 Å². The minimum absolute atomic E-state index is 0.0784. The van der Waals surface area contributed by atoms with Gasteiger partial charge in [0, 0.05) is 30.7 Å². The molecule has 20 heavy (non-hydrogen) atoms. The number of rotatable bonds is 5. The van der Waals surface area contributed by atoms with Crippen LogP contribution in [0.4, 0.5) is 13.2 Å². The second kappa shape index (κ2) is 7.09. The zero-order chi connectivity index (χ0) is 14.5. The van der Waals surface area contributed by atoms with Gasteiger partial charge in [-0.15, -0.1) is 0 Å². The van der Waals surface area contributed by atoms with E-state index in [1.807, 2.05) is 0 Å². The standard InChI is InChI=1S/C15H20F3NO/c1-2-5-19-9-10-4-3-6-20-15(10)11-7-13(17)14(18)8-12(11)16/h7-8,10,15,19H,2-6,9H2,1H3. The van der Waals surface area contributed by atoms with Gasteiger partial charge in [-0.1, -0.05) is 6.92 Å². The van der Waals surface area contributed by atoms with Crippen LogP contribution in [0.2, 0.25) is 0 Å². The summed E-state index contributed by atoms with van der Waals surface area (Å²) in [5.41, 5.74) is 0.117. The van der Waals surface area contributed by atoms with E-state index in [9.17, 15) is 13.2 Å². The summed E-state index contributed by atoms with van der Waals surface area (Å²) in [5, 5.41) is 3.28. The van der Waals surface area contributed by atoms with Gasteiger partial charge >= 0.3 is 0 Å². The van der Waals surface area contributed by atoms with Gasteiger partial charge in [-0.3, -0.25) is 0 Å². The Morgan fingerprint density at radius 1 is 1.20 bits per heavy atom. The molecule has 0 aromatic heterocycles. The minimum atomic E-state index is -1.16. The summed E-state index contributed by atoms with van der Waals surface area (Å²) in [6.45, 7) is 4.16. The third-order valence-corrected chi connectivity index (χ3v) is 3.62. The molecular weight excluding hydrogens is 267 g/mol. The summed E-state index contributed by atoms with van der Waals surface area (Å²) < 4.78 is 45.8. The third-order valence-electron chi connectivity index (χ3n) is 3.62. The average Bonchev–Trinajstić information content (AvgIpc) is 2.44. The Hall–Kier alpha value is -1.07. The molecule has 0 spiro atoms. The zero-order valence-corrected chi connectivity index (χ0v) is 11.6. The van der Waals surface area contributed by atoms with E-state index < -0.39 is 23.6 Å². The molecule has 2 atom stereocenters. The van der Waals surface area contributed by atoms with Gasteiger partial charge in [0.2, 0.25) is 0 Å². The molecule has 2 unspecified atom stereocenters. The maximum Gasteiger partial charge on any atom is 0.161 e. The van der Waals surface area contributed by atoms with Crippen molar-refractivity contribution in [2.24, 2.45) is 5.92 Å². The molecule has 0 aliphatic carbocycles. The minimum Gasteiger partial charge on any atom is -0.373 e. The zero-order valence-electron chi connectivity index (χ0n) is 11.6. The highest BCUT2D eigenvalue weighted by Gasteiger charge is 2.30. The normalized spacial score (nSPS) is 23.0. The van der Waals surface area contributed by atoms with Gasteiger partial charge in [-0.05, 0) is 31.9 Å². The molecular formula is C15H20F3NO. The molecule has 1 saturated heterocycles. The fourth-order valence-corrected chi connectivity index (χ4v) is 2.62. The summed E-state index contributed by atoms with van der Waals surface area (Å²) in [7, 11) is 0. The van der Waals surface area contributed by atoms with Crippen LogP contribution in [0.3, 0.4) is 0 Å². The maximum absolute atomic E-state index is 13.9. The molecule has 1 aliphatic heterocycles. The van der Waals surface area contributed by atoms with Crippen LogP contribution in [-0.4, -0.2) is 19.7 Å². The van der Waals surface area contributed by atoms with Gasteiger partial charge in [0.1, 0.15) is 5.82 Å². The summed E-state index contributed by atoms with van der Waals surface area (Å²) in [4.78, 5) is 0. The van der Waals surface area contributed by atoms with Crippen LogP contribution in [0.5, 0.6) is 0 Å². The van der Waals surface area contributed by atoms with E-state index in [4.69, 9.17) is 4.74 Å². The molecule has 1 aliphatic rings. The maximum atomic E-state index is 13.9. The Balaban J connectivity index is 2.16. The fraction of sp³-hybridized carbons (Fsp3) is 0.600. The third kappa shape index (κ3) is 3.52. The first-order chi connectivity index (χ1) is 9.63. The van der Waals surface area contributed by atoms with Gasteiger partial charge in [-0.2, -0.15) is 0 Å². The van der Waals surface area contributed by atoms with Crippen LogP contribution >= 0.6 is 0 Å². The Morgan fingerprint density at radius 3 is 2.70 bits per heavy atom. The molecule has 112 valence electrons. The molecule has 2 nitrogen and oxygen atoms in total. The average molecular weight is 287 g/mol. The molecule has 1 aromatic rings. The van der Waals surface area contributed by atoms with E-state index in [-0.39, 0.29) is 11.5 Å². The van der Waals surface area contributed by atoms with Crippen molar-refractivity contribution in [3.63, 3.8) is 0 Å². The Kier molecular flexibility index (Phi) is 5.43. The van der Waals surface area contributed by atoms with Crippen LogP contribution in [0.15, 0.2) is 12.1 Å². The predicted molar refractivity (Wildman–Crippen MR) is 70.9 cm³/mol. The summed E-state index contributed by atoms with van der Waals surface area (Å²) >= 11 is 0. The van der Waals surface area contributed by atoms with Gasteiger partial charge < -0.3 is 10.1 Å². The molecule has 0 saturated carbocycles. The van der Waals surface area contributed by atoms with Crippen molar-refractivity contribution in [2.45, 2.75) is 32.3 Å². The fourth-order valence-electron chi connectivity index (χ4n) is 2.62. The summed E-state index contributed by atoms with van der Waals surface area (Å²) in [5.74, 6) is -2.86. The highest BCUT2D eigenvalue weighted by molar-refractivity contribution is 5.23. The predicted octanol–water partition coefficient (Wildman–Crippen LogP) is 3.57. The molecule has 0 bridgehead atoms. The first kappa shape index (κ1) is 15.3. The van der Waals surface area contributed by atoms with Gasteiger partial charge in [0.15, 0.2) is 11.6 Å². The number of nitrogens with one attached hydrogen (secondary N) is 1. The van der Waals surface area contributed by atoms with Crippen LogP contribution in [-0.2, 0) is 4.74 Å². The number of hydrogen-bond donors (Lipinski definition) is 1. The van der Waals surface area contributed by atoms with Gasteiger partial charge in [-0.25, -0.2) is 13.2 Å². The Morgan fingerprint density at radius 2 is 1.95 bits per heavy atom. The molecule has 1 heterocycles. The first-order valence-electron chi connectivity index (χ1n) is 7.10. The van der Waals surface area contributed by atoms with Crippen molar-refractivity contribution < 1.29 is 17.9 Å². The van der Waals surface area contributed by atoms with E-state index in [0.29, 0.717) is 19.2 Å². The molecule has 0 radical (unpaired) electrons. The summed E-state index contributed by atoms with van der Waals surface area (Å²) in [6, 6.07) is 1.52. The summed E-state index contributed by atoms with van der Waals surface area (Å²) in [6.07, 6.45) is 2.29. The van der Waals surface area contributed by atoms with Gasteiger partial charge in [0.05, 0.1) is 6.10 Å². The van der Waals surface area contributed by atoms with Gasteiger partial charge in [0.25, 0.3) is 0 Å². The Bertz CT molecular complexity index is 453. The smallest absolute Gasteiger partial charge is 0.161 e. The molecule has 0 amide bonds. The van der Waals surface area contributed by atoms with E-state index in [2.05, 4.69) is 12.2 Å². The quantitative estimate of drug-likeness (QED) is 0.660. The number of ether oxygens (including phenoxy) is 1. The van der Waals surface area contributed by atoms with E-state index in [0.717, 1.165) is 31.9 Å².